The molecule has 0 saturated heterocycles. The van der Waals surface area contributed by atoms with Gasteiger partial charge in [-0.1, -0.05) is 42.1 Å². The van der Waals surface area contributed by atoms with Crippen molar-refractivity contribution in [2.24, 2.45) is 0 Å². The van der Waals surface area contributed by atoms with E-state index in [2.05, 4.69) is 41.3 Å². The van der Waals surface area contributed by atoms with Crippen LogP contribution in [-0.2, 0) is 29.0 Å². The van der Waals surface area contributed by atoms with E-state index in [1.54, 1.807) is 11.3 Å². The number of fused-ring (bicyclic) bond motifs is 3. The van der Waals surface area contributed by atoms with E-state index in [1.807, 2.05) is 25.1 Å². The Morgan fingerprint density at radius 2 is 2.10 bits per heavy atom. The van der Waals surface area contributed by atoms with Crippen LogP contribution >= 0.6 is 23.1 Å². The van der Waals surface area contributed by atoms with Crippen molar-refractivity contribution in [3.8, 4) is 0 Å². The van der Waals surface area contributed by atoms with Gasteiger partial charge in [-0.3, -0.25) is 4.79 Å². The van der Waals surface area contributed by atoms with Crippen LogP contribution in [0.2, 0.25) is 0 Å². The maximum absolute atomic E-state index is 12.4. The second-order valence-corrected chi connectivity index (χ2v) is 10.3. The molecule has 1 amide bonds. The van der Waals surface area contributed by atoms with Gasteiger partial charge in [0, 0.05) is 17.3 Å². The molecular weight excluding hydrogens is 416 g/mol. The number of nitrogens with zero attached hydrogens (tertiary/aromatic N) is 2. The number of rotatable bonds is 6. The van der Waals surface area contributed by atoms with Gasteiger partial charge < -0.3 is 15.8 Å². The number of anilines is 1. The number of thioether (sulfide) groups is 1. The molecule has 1 aliphatic heterocycles. The molecule has 0 aliphatic carbocycles. The van der Waals surface area contributed by atoms with Gasteiger partial charge in [0.15, 0.2) is 5.16 Å². The zero-order valence-electron chi connectivity index (χ0n) is 17.4. The number of nitrogen functional groups attached to an aromatic ring is 1. The maximum Gasteiger partial charge on any atom is 0.230 e. The van der Waals surface area contributed by atoms with Crippen molar-refractivity contribution >= 4 is 45.0 Å². The first-order valence-electron chi connectivity index (χ1n) is 9.98. The summed E-state index contributed by atoms with van der Waals surface area (Å²) in [4.78, 5) is 23.5. The van der Waals surface area contributed by atoms with Crippen LogP contribution in [0.1, 0.15) is 36.8 Å². The molecule has 1 atom stereocenters. The van der Waals surface area contributed by atoms with Crippen LogP contribution in [-0.4, -0.2) is 33.3 Å². The van der Waals surface area contributed by atoms with Crippen molar-refractivity contribution in [1.82, 2.24) is 15.3 Å². The van der Waals surface area contributed by atoms with E-state index in [-0.39, 0.29) is 23.3 Å². The number of nitrogens with one attached hydrogen (secondary N) is 1. The summed E-state index contributed by atoms with van der Waals surface area (Å²) in [5.74, 6) is 0.701. The fourth-order valence-corrected chi connectivity index (χ4v) is 5.51. The summed E-state index contributed by atoms with van der Waals surface area (Å²) < 4.78 is 5.91. The van der Waals surface area contributed by atoms with Crippen molar-refractivity contribution in [2.45, 2.75) is 57.0 Å². The van der Waals surface area contributed by atoms with Crippen LogP contribution in [0, 0.1) is 0 Å². The highest BCUT2D eigenvalue weighted by Crippen LogP contribution is 2.40. The summed E-state index contributed by atoms with van der Waals surface area (Å²) in [5, 5.41) is 4.51. The van der Waals surface area contributed by atoms with E-state index in [0.29, 0.717) is 17.6 Å². The number of ether oxygens (including phenoxy) is 1. The Morgan fingerprint density at radius 3 is 2.87 bits per heavy atom. The number of thiophene rings is 1. The van der Waals surface area contributed by atoms with Gasteiger partial charge in [0.05, 0.1) is 23.3 Å². The van der Waals surface area contributed by atoms with Crippen LogP contribution in [0.15, 0.2) is 35.5 Å². The van der Waals surface area contributed by atoms with E-state index in [0.717, 1.165) is 23.1 Å². The predicted molar refractivity (Wildman–Crippen MR) is 123 cm³/mol. The lowest BCUT2D eigenvalue weighted by atomic mass is 9.94. The van der Waals surface area contributed by atoms with Crippen molar-refractivity contribution in [1.29, 1.82) is 0 Å². The van der Waals surface area contributed by atoms with Gasteiger partial charge in [-0.25, -0.2) is 9.97 Å². The van der Waals surface area contributed by atoms with Crippen molar-refractivity contribution < 1.29 is 9.53 Å². The number of carbonyl (C=O) groups excluding carboxylic acids is 1. The Morgan fingerprint density at radius 1 is 1.33 bits per heavy atom. The molecule has 0 spiro atoms. The van der Waals surface area contributed by atoms with Crippen LogP contribution in [0.5, 0.6) is 0 Å². The molecule has 0 saturated carbocycles. The van der Waals surface area contributed by atoms with E-state index in [4.69, 9.17) is 10.5 Å². The van der Waals surface area contributed by atoms with Gasteiger partial charge in [0.25, 0.3) is 0 Å². The van der Waals surface area contributed by atoms with Gasteiger partial charge >= 0.3 is 0 Å². The lowest BCUT2D eigenvalue weighted by molar-refractivity contribution is -0.119. The van der Waals surface area contributed by atoms with E-state index >= 15 is 0 Å². The Balaban J connectivity index is 1.40. The van der Waals surface area contributed by atoms with Crippen LogP contribution < -0.4 is 11.1 Å². The minimum Gasteiger partial charge on any atom is -0.383 e. The third-order valence-corrected chi connectivity index (χ3v) is 7.01. The molecule has 1 aromatic carbocycles. The molecule has 6 nitrogen and oxygen atoms in total. The first-order chi connectivity index (χ1) is 14.3. The van der Waals surface area contributed by atoms with Crippen molar-refractivity contribution in [3.63, 3.8) is 0 Å². The highest BCUT2D eigenvalue weighted by atomic mass is 32.2. The molecule has 158 valence electrons. The fourth-order valence-electron chi connectivity index (χ4n) is 3.68. The summed E-state index contributed by atoms with van der Waals surface area (Å²) in [7, 11) is 0. The number of aromatic nitrogens is 2. The first-order valence-corrected chi connectivity index (χ1v) is 11.8. The predicted octanol–water partition coefficient (Wildman–Crippen LogP) is 3.96. The van der Waals surface area contributed by atoms with Gasteiger partial charge in [0.1, 0.15) is 10.6 Å². The third-order valence-electron chi connectivity index (χ3n) is 5.06. The molecule has 0 fully saturated rings. The topological polar surface area (TPSA) is 90.1 Å². The lowest BCUT2D eigenvalue weighted by Crippen LogP contribution is -2.35. The minimum absolute atomic E-state index is 0.0358. The van der Waals surface area contributed by atoms with Gasteiger partial charge in [-0.2, -0.15) is 0 Å². The monoisotopic (exact) mass is 442 g/mol. The number of amides is 1. The number of nitrogens with two attached hydrogens (primary N) is 1. The van der Waals surface area contributed by atoms with E-state index in [9.17, 15) is 4.79 Å². The molecule has 0 bridgehead atoms. The third kappa shape index (κ3) is 4.77. The van der Waals surface area contributed by atoms with Crippen LogP contribution in [0.25, 0.3) is 10.2 Å². The SMILES string of the molecule is CC(Cc1ccccc1)NC(=O)CSc1nc(N)c2c3c(sc2n1)COC(C)(C)C3. The normalized spacial score (nSPS) is 16.2. The maximum atomic E-state index is 12.4. The number of hydrogen-bond donors (Lipinski definition) is 2. The lowest BCUT2D eigenvalue weighted by Gasteiger charge is -2.30. The van der Waals surface area contributed by atoms with Gasteiger partial charge in [-0.15, -0.1) is 11.3 Å². The molecule has 1 unspecified atom stereocenters. The molecule has 0 radical (unpaired) electrons. The molecule has 3 N–H and O–H groups in total. The number of hydrogen-bond acceptors (Lipinski definition) is 7. The molecule has 8 heteroatoms. The highest BCUT2D eigenvalue weighted by Gasteiger charge is 2.30. The number of carbonyl (C=O) groups is 1. The summed E-state index contributed by atoms with van der Waals surface area (Å²) in [5.41, 5.74) is 8.48. The molecule has 30 heavy (non-hydrogen) atoms. The van der Waals surface area contributed by atoms with E-state index < -0.39 is 0 Å². The summed E-state index contributed by atoms with van der Waals surface area (Å²) in [6.45, 7) is 6.75. The number of benzene rings is 1. The molecule has 3 aromatic rings. The first kappa shape index (κ1) is 21.1. The zero-order chi connectivity index (χ0) is 21.3. The minimum atomic E-state index is -0.213. The summed E-state index contributed by atoms with van der Waals surface area (Å²) in [6.07, 6.45) is 1.59. The Kier molecular flexibility index (Phi) is 5.99. The Hall–Kier alpha value is -2.16. The Labute approximate surface area is 184 Å². The average molecular weight is 443 g/mol. The fraction of sp³-hybridized carbons (Fsp3) is 0.409. The average Bonchev–Trinajstić information content (AvgIpc) is 3.04. The second kappa shape index (κ2) is 8.53. The van der Waals surface area contributed by atoms with Gasteiger partial charge in [0.2, 0.25) is 5.91 Å². The molecule has 4 rings (SSSR count). The van der Waals surface area contributed by atoms with E-state index in [1.165, 1.54) is 27.8 Å². The molecule has 2 aromatic heterocycles. The highest BCUT2D eigenvalue weighted by molar-refractivity contribution is 7.99. The van der Waals surface area contributed by atoms with Crippen LogP contribution in [0.4, 0.5) is 5.82 Å². The Bertz CT molecular complexity index is 1070. The second-order valence-electron chi connectivity index (χ2n) is 8.25. The van der Waals surface area contributed by atoms with Gasteiger partial charge in [-0.05, 0) is 38.3 Å². The molecular formula is C22H26N4O2S2. The van der Waals surface area contributed by atoms with Crippen LogP contribution in [0.3, 0.4) is 0 Å². The summed E-state index contributed by atoms with van der Waals surface area (Å²) in [6, 6.07) is 10.2. The molecule has 3 heterocycles. The van der Waals surface area contributed by atoms with Crippen molar-refractivity contribution in [3.05, 3.63) is 46.3 Å². The molecule has 1 aliphatic rings. The zero-order valence-corrected chi connectivity index (χ0v) is 19.0. The quantitative estimate of drug-likeness (QED) is 0.444. The van der Waals surface area contributed by atoms with Crippen molar-refractivity contribution in [2.75, 3.05) is 11.5 Å². The largest absolute Gasteiger partial charge is 0.383 e. The smallest absolute Gasteiger partial charge is 0.230 e. The summed E-state index contributed by atoms with van der Waals surface area (Å²) >= 11 is 2.92. The standard InChI is InChI=1S/C22H26N4O2S2/c1-13(9-14-7-5-4-6-8-14)24-17(27)12-29-21-25-19(23)18-15-10-22(2,3)28-11-16(15)30-20(18)26-21/h4-8,13H,9-12H2,1-3H3,(H,24,27)(H2,23,25,26).